The molecule has 2 aromatic carbocycles. The summed E-state index contributed by atoms with van der Waals surface area (Å²) in [5.74, 6) is 1.56. The second-order valence-electron chi connectivity index (χ2n) is 9.01. The van der Waals surface area contributed by atoms with Crippen molar-refractivity contribution >= 4 is 15.6 Å². The van der Waals surface area contributed by atoms with Gasteiger partial charge in [0.05, 0.1) is 17.1 Å². The van der Waals surface area contributed by atoms with Crippen molar-refractivity contribution in [1.82, 2.24) is 0 Å². The molecule has 5 heteroatoms. The molecule has 0 radical (unpaired) electrons. The summed E-state index contributed by atoms with van der Waals surface area (Å²) in [6.45, 7) is 7.86. The molecule has 0 saturated heterocycles. The molecule has 0 N–H and O–H groups in total. The van der Waals surface area contributed by atoms with Crippen molar-refractivity contribution in [2.45, 2.75) is 57.5 Å². The zero-order valence-electron chi connectivity index (χ0n) is 17.7. The van der Waals surface area contributed by atoms with Gasteiger partial charge < -0.3 is 4.74 Å². The van der Waals surface area contributed by atoms with Gasteiger partial charge in [0.25, 0.3) is 0 Å². The summed E-state index contributed by atoms with van der Waals surface area (Å²) >= 11 is 0. The van der Waals surface area contributed by atoms with Crippen LogP contribution in [-0.4, -0.2) is 25.6 Å². The van der Waals surface area contributed by atoms with E-state index in [0.29, 0.717) is 23.5 Å². The minimum absolute atomic E-state index is 0.0185. The molecule has 0 unspecified atom stereocenters. The van der Waals surface area contributed by atoms with Gasteiger partial charge in [-0.15, -0.1) is 0 Å². The number of carbonyl (C=O) groups is 1. The lowest BCUT2D eigenvalue weighted by Crippen LogP contribution is -2.29. The SMILES string of the molecule is Cc1cc(OCC2CC2)ccc1CC(=O)c1ccc(CS(=O)(=O)C(C)(C)C)cc1. The van der Waals surface area contributed by atoms with E-state index < -0.39 is 14.6 Å². The number of rotatable bonds is 8. The Labute approximate surface area is 174 Å². The highest BCUT2D eigenvalue weighted by Gasteiger charge is 2.29. The van der Waals surface area contributed by atoms with Gasteiger partial charge in [0.2, 0.25) is 0 Å². The lowest BCUT2D eigenvalue weighted by Gasteiger charge is -2.19. The van der Waals surface area contributed by atoms with Crippen LogP contribution >= 0.6 is 0 Å². The van der Waals surface area contributed by atoms with Crippen molar-refractivity contribution in [1.29, 1.82) is 0 Å². The Morgan fingerprint density at radius 3 is 2.28 bits per heavy atom. The molecule has 0 spiro atoms. The molecule has 0 amide bonds. The van der Waals surface area contributed by atoms with Crippen LogP contribution in [0.15, 0.2) is 42.5 Å². The number of aryl methyl sites for hydroxylation is 1. The zero-order chi connectivity index (χ0) is 21.2. The number of carbonyl (C=O) groups excluding carboxylic acids is 1. The van der Waals surface area contributed by atoms with Crippen LogP contribution < -0.4 is 4.74 Å². The lowest BCUT2D eigenvalue weighted by molar-refractivity contribution is 0.0992. The highest BCUT2D eigenvalue weighted by Crippen LogP contribution is 2.30. The molecule has 1 saturated carbocycles. The Morgan fingerprint density at radius 2 is 1.72 bits per heavy atom. The van der Waals surface area contributed by atoms with E-state index in [1.807, 2.05) is 25.1 Å². The largest absolute Gasteiger partial charge is 0.493 e. The number of Topliss-reactive ketones (excluding diaryl/α,β-unsaturated/α-hetero) is 1. The van der Waals surface area contributed by atoms with Crippen molar-refractivity contribution in [3.8, 4) is 5.75 Å². The van der Waals surface area contributed by atoms with Gasteiger partial charge in [0, 0.05) is 12.0 Å². The van der Waals surface area contributed by atoms with Crippen LogP contribution in [0.25, 0.3) is 0 Å². The van der Waals surface area contributed by atoms with Crippen LogP contribution in [-0.2, 0) is 22.0 Å². The molecule has 1 aliphatic carbocycles. The van der Waals surface area contributed by atoms with Gasteiger partial charge in [0.1, 0.15) is 5.75 Å². The normalized spacial score (nSPS) is 14.6. The fourth-order valence-electron chi connectivity index (χ4n) is 2.95. The topological polar surface area (TPSA) is 60.4 Å². The van der Waals surface area contributed by atoms with E-state index in [2.05, 4.69) is 0 Å². The molecule has 29 heavy (non-hydrogen) atoms. The van der Waals surface area contributed by atoms with E-state index in [1.165, 1.54) is 12.8 Å². The van der Waals surface area contributed by atoms with Crippen molar-refractivity contribution in [2.24, 2.45) is 5.92 Å². The molecule has 1 aliphatic rings. The number of benzene rings is 2. The maximum Gasteiger partial charge on any atom is 0.167 e. The monoisotopic (exact) mass is 414 g/mol. The molecule has 2 aromatic rings. The Morgan fingerprint density at radius 1 is 1.07 bits per heavy atom. The van der Waals surface area contributed by atoms with E-state index >= 15 is 0 Å². The predicted octanol–water partition coefficient (Wildman–Crippen LogP) is 4.92. The van der Waals surface area contributed by atoms with Gasteiger partial charge in [-0.25, -0.2) is 8.42 Å². The molecular weight excluding hydrogens is 384 g/mol. The van der Waals surface area contributed by atoms with Gasteiger partial charge >= 0.3 is 0 Å². The van der Waals surface area contributed by atoms with Gasteiger partial charge in [-0.05, 0) is 75.3 Å². The highest BCUT2D eigenvalue weighted by atomic mass is 32.2. The average molecular weight is 415 g/mol. The Balaban J connectivity index is 1.63. The molecule has 0 heterocycles. The predicted molar refractivity (Wildman–Crippen MR) is 116 cm³/mol. The number of hydrogen-bond donors (Lipinski definition) is 0. The Hall–Kier alpha value is -2.14. The zero-order valence-corrected chi connectivity index (χ0v) is 18.5. The van der Waals surface area contributed by atoms with Crippen LogP contribution in [0.3, 0.4) is 0 Å². The summed E-state index contributed by atoms with van der Waals surface area (Å²) in [6, 6.07) is 12.8. The second kappa shape index (κ2) is 8.31. The summed E-state index contributed by atoms with van der Waals surface area (Å²) in [4.78, 5) is 12.7. The first-order valence-electron chi connectivity index (χ1n) is 10.1. The third kappa shape index (κ3) is 5.69. The quantitative estimate of drug-likeness (QED) is 0.575. The Kier molecular flexibility index (Phi) is 6.18. The van der Waals surface area contributed by atoms with E-state index in [4.69, 9.17) is 4.74 Å². The van der Waals surface area contributed by atoms with Crippen LogP contribution in [0.1, 0.15) is 60.7 Å². The summed E-state index contributed by atoms with van der Waals surface area (Å²) < 4.78 is 29.7. The van der Waals surface area contributed by atoms with E-state index in [-0.39, 0.29) is 11.5 Å². The van der Waals surface area contributed by atoms with Crippen molar-refractivity contribution < 1.29 is 17.9 Å². The third-order valence-corrected chi connectivity index (χ3v) is 7.99. The van der Waals surface area contributed by atoms with Crippen LogP contribution in [0.4, 0.5) is 0 Å². The van der Waals surface area contributed by atoms with E-state index in [9.17, 15) is 13.2 Å². The summed E-state index contributed by atoms with van der Waals surface area (Å²) in [7, 11) is -3.25. The fraction of sp³-hybridized carbons (Fsp3) is 0.458. The van der Waals surface area contributed by atoms with Gasteiger partial charge in [-0.2, -0.15) is 0 Å². The number of hydrogen-bond acceptors (Lipinski definition) is 4. The van der Waals surface area contributed by atoms with Crippen LogP contribution in [0, 0.1) is 12.8 Å². The number of sulfone groups is 1. The number of ketones is 1. The van der Waals surface area contributed by atoms with Crippen molar-refractivity contribution in [3.05, 3.63) is 64.7 Å². The average Bonchev–Trinajstić information content (AvgIpc) is 3.46. The van der Waals surface area contributed by atoms with Crippen LogP contribution in [0.2, 0.25) is 0 Å². The van der Waals surface area contributed by atoms with Gasteiger partial charge in [0.15, 0.2) is 15.6 Å². The molecule has 0 aromatic heterocycles. The second-order valence-corrected chi connectivity index (χ2v) is 11.8. The summed E-state index contributed by atoms with van der Waals surface area (Å²) in [6.07, 6.45) is 2.83. The highest BCUT2D eigenvalue weighted by molar-refractivity contribution is 7.91. The molecule has 3 rings (SSSR count). The maximum atomic E-state index is 12.7. The standard InChI is InChI=1S/C24H30O4S/c1-17-13-22(28-15-18-5-6-18)12-11-21(17)14-23(25)20-9-7-19(8-10-20)16-29(26,27)24(2,3)4/h7-13,18H,5-6,14-16H2,1-4H3. The van der Waals surface area contributed by atoms with Crippen molar-refractivity contribution in [3.63, 3.8) is 0 Å². The van der Waals surface area contributed by atoms with E-state index in [1.54, 1.807) is 45.0 Å². The lowest BCUT2D eigenvalue weighted by atomic mass is 9.99. The molecule has 4 nitrogen and oxygen atoms in total. The summed E-state index contributed by atoms with van der Waals surface area (Å²) in [5.41, 5.74) is 3.31. The molecule has 0 aliphatic heterocycles. The fourth-order valence-corrected chi connectivity index (χ4v) is 4.02. The first kappa shape index (κ1) is 21.6. The molecule has 0 atom stereocenters. The molecule has 0 bridgehead atoms. The smallest absolute Gasteiger partial charge is 0.167 e. The Bertz CT molecular complexity index is 979. The molecular formula is C24H30O4S. The van der Waals surface area contributed by atoms with E-state index in [0.717, 1.165) is 23.5 Å². The first-order valence-corrected chi connectivity index (χ1v) is 11.8. The summed E-state index contributed by atoms with van der Waals surface area (Å²) in [5, 5.41) is 0. The minimum atomic E-state index is -3.25. The van der Waals surface area contributed by atoms with Gasteiger partial charge in [-0.1, -0.05) is 30.3 Å². The third-order valence-electron chi connectivity index (χ3n) is 5.41. The molecule has 156 valence electrons. The minimum Gasteiger partial charge on any atom is -0.493 e. The van der Waals surface area contributed by atoms with Crippen molar-refractivity contribution in [2.75, 3.05) is 6.61 Å². The first-order chi connectivity index (χ1) is 13.5. The van der Waals surface area contributed by atoms with Crippen LogP contribution in [0.5, 0.6) is 5.75 Å². The maximum absolute atomic E-state index is 12.7. The van der Waals surface area contributed by atoms with Gasteiger partial charge in [-0.3, -0.25) is 4.79 Å². The molecule has 1 fully saturated rings. The number of ether oxygens (including phenoxy) is 1.